The summed E-state index contributed by atoms with van der Waals surface area (Å²) < 4.78 is 28.8. The molecule has 0 spiro atoms. The lowest BCUT2D eigenvalue weighted by Crippen LogP contribution is -2.13. The molecule has 6 heteroatoms. The van der Waals surface area contributed by atoms with Gasteiger partial charge in [-0.05, 0) is 36.2 Å². The van der Waals surface area contributed by atoms with Crippen LogP contribution in [0.1, 0.15) is 12.0 Å². The zero-order valence-electron chi connectivity index (χ0n) is 13.9. The maximum atomic E-state index is 13.3. The minimum absolute atomic E-state index is 0.228. The summed E-state index contributed by atoms with van der Waals surface area (Å²) in [5.74, 6) is 0.993. The Kier molecular flexibility index (Phi) is 6.01. The molecule has 0 heterocycles. The van der Waals surface area contributed by atoms with Crippen molar-refractivity contribution >= 4 is 11.6 Å². The molecule has 5 nitrogen and oxygen atoms in total. The standard InChI is InChI=1S/C18H20FNO4/c1-22-15-8-6-13(19)11-14(15)20-18(21)9-5-12-4-7-16(23-2)17(10-12)24-3/h4,6-8,10-11H,5,9H2,1-3H3,(H,20,21). The predicted octanol–water partition coefficient (Wildman–Crippen LogP) is 3.42. The number of halogens is 1. The Labute approximate surface area is 140 Å². The second kappa shape index (κ2) is 8.19. The van der Waals surface area contributed by atoms with Crippen LogP contribution in [-0.2, 0) is 11.2 Å². The fourth-order valence-electron chi connectivity index (χ4n) is 2.28. The van der Waals surface area contributed by atoms with Crippen molar-refractivity contribution in [1.29, 1.82) is 0 Å². The quantitative estimate of drug-likeness (QED) is 0.843. The van der Waals surface area contributed by atoms with E-state index in [9.17, 15) is 9.18 Å². The summed E-state index contributed by atoms with van der Waals surface area (Å²) in [5.41, 5.74) is 1.25. The number of methoxy groups -OCH3 is 3. The molecule has 0 unspecified atom stereocenters. The van der Waals surface area contributed by atoms with Crippen molar-refractivity contribution in [2.24, 2.45) is 0 Å². The van der Waals surface area contributed by atoms with E-state index < -0.39 is 5.82 Å². The van der Waals surface area contributed by atoms with Gasteiger partial charge in [-0.2, -0.15) is 0 Å². The summed E-state index contributed by atoms with van der Waals surface area (Å²) in [6.07, 6.45) is 0.763. The molecule has 2 rings (SSSR count). The second-order valence-corrected chi connectivity index (χ2v) is 5.08. The predicted molar refractivity (Wildman–Crippen MR) is 89.4 cm³/mol. The van der Waals surface area contributed by atoms with Gasteiger partial charge in [-0.15, -0.1) is 0 Å². The van der Waals surface area contributed by atoms with Crippen LogP contribution >= 0.6 is 0 Å². The highest BCUT2D eigenvalue weighted by molar-refractivity contribution is 5.92. The third-order valence-corrected chi connectivity index (χ3v) is 3.52. The van der Waals surface area contributed by atoms with Crippen LogP contribution in [0, 0.1) is 5.82 Å². The average Bonchev–Trinajstić information content (AvgIpc) is 2.59. The number of rotatable bonds is 7. The van der Waals surface area contributed by atoms with Gasteiger partial charge < -0.3 is 19.5 Å². The van der Waals surface area contributed by atoms with Gasteiger partial charge in [0, 0.05) is 12.5 Å². The van der Waals surface area contributed by atoms with E-state index in [0.29, 0.717) is 29.4 Å². The topological polar surface area (TPSA) is 56.8 Å². The fourth-order valence-corrected chi connectivity index (χ4v) is 2.28. The summed E-state index contributed by atoms with van der Waals surface area (Å²) >= 11 is 0. The van der Waals surface area contributed by atoms with Crippen molar-refractivity contribution < 1.29 is 23.4 Å². The number of aryl methyl sites for hydroxylation is 1. The van der Waals surface area contributed by atoms with E-state index in [4.69, 9.17) is 14.2 Å². The maximum absolute atomic E-state index is 13.3. The number of amides is 1. The van der Waals surface area contributed by atoms with Gasteiger partial charge in [0.2, 0.25) is 5.91 Å². The number of hydrogen-bond acceptors (Lipinski definition) is 4. The number of anilines is 1. The number of ether oxygens (including phenoxy) is 3. The molecule has 0 saturated carbocycles. The van der Waals surface area contributed by atoms with E-state index in [0.717, 1.165) is 5.56 Å². The van der Waals surface area contributed by atoms with Gasteiger partial charge in [0.15, 0.2) is 11.5 Å². The van der Waals surface area contributed by atoms with Gasteiger partial charge in [-0.3, -0.25) is 4.79 Å². The summed E-state index contributed by atoms with van der Waals surface area (Å²) in [7, 11) is 4.59. The molecule has 2 aromatic rings. The Bertz CT molecular complexity index is 718. The van der Waals surface area contributed by atoms with E-state index in [1.807, 2.05) is 12.1 Å². The van der Waals surface area contributed by atoms with Crippen molar-refractivity contribution in [2.75, 3.05) is 26.6 Å². The third-order valence-electron chi connectivity index (χ3n) is 3.52. The molecule has 2 aromatic carbocycles. The Morgan fingerprint density at radius 1 is 0.958 bits per heavy atom. The molecule has 1 amide bonds. The monoisotopic (exact) mass is 333 g/mol. The molecule has 0 aliphatic heterocycles. The molecule has 24 heavy (non-hydrogen) atoms. The van der Waals surface area contributed by atoms with Gasteiger partial charge in [0.05, 0.1) is 27.0 Å². The van der Waals surface area contributed by atoms with Gasteiger partial charge >= 0.3 is 0 Å². The summed E-state index contributed by atoms with van der Waals surface area (Å²) in [4.78, 5) is 12.1. The van der Waals surface area contributed by atoms with Crippen LogP contribution < -0.4 is 19.5 Å². The Morgan fingerprint density at radius 2 is 1.62 bits per heavy atom. The molecule has 0 saturated heterocycles. The molecular weight excluding hydrogens is 313 g/mol. The molecular formula is C18H20FNO4. The first-order chi connectivity index (χ1) is 11.6. The third kappa shape index (κ3) is 4.38. The molecule has 0 aromatic heterocycles. The second-order valence-electron chi connectivity index (χ2n) is 5.08. The molecule has 0 radical (unpaired) electrons. The fraction of sp³-hybridized carbons (Fsp3) is 0.278. The van der Waals surface area contributed by atoms with Gasteiger partial charge in [-0.25, -0.2) is 4.39 Å². The maximum Gasteiger partial charge on any atom is 0.224 e. The Hall–Kier alpha value is -2.76. The van der Waals surface area contributed by atoms with E-state index in [1.54, 1.807) is 20.3 Å². The zero-order valence-corrected chi connectivity index (χ0v) is 13.9. The first-order valence-electron chi connectivity index (χ1n) is 7.41. The number of hydrogen-bond donors (Lipinski definition) is 1. The van der Waals surface area contributed by atoms with Crippen molar-refractivity contribution in [3.63, 3.8) is 0 Å². The molecule has 0 fully saturated rings. The first-order valence-corrected chi connectivity index (χ1v) is 7.41. The lowest BCUT2D eigenvalue weighted by atomic mass is 10.1. The summed E-state index contributed by atoms with van der Waals surface area (Å²) in [5, 5.41) is 2.66. The van der Waals surface area contributed by atoms with E-state index in [2.05, 4.69) is 5.32 Å². The highest BCUT2D eigenvalue weighted by Crippen LogP contribution is 2.28. The molecule has 1 N–H and O–H groups in total. The lowest BCUT2D eigenvalue weighted by Gasteiger charge is -2.11. The lowest BCUT2D eigenvalue weighted by molar-refractivity contribution is -0.116. The van der Waals surface area contributed by atoms with Crippen LogP contribution in [0.3, 0.4) is 0 Å². The number of nitrogens with one attached hydrogen (secondary N) is 1. The molecule has 0 aliphatic carbocycles. The number of carbonyl (C=O) groups is 1. The van der Waals surface area contributed by atoms with Crippen LogP contribution in [0.4, 0.5) is 10.1 Å². The zero-order chi connectivity index (χ0) is 17.5. The molecule has 0 atom stereocenters. The van der Waals surface area contributed by atoms with Crippen molar-refractivity contribution in [1.82, 2.24) is 0 Å². The number of carbonyl (C=O) groups excluding carboxylic acids is 1. The first kappa shape index (κ1) is 17.6. The molecule has 0 bridgehead atoms. The van der Waals surface area contributed by atoms with Crippen molar-refractivity contribution in [2.45, 2.75) is 12.8 Å². The van der Waals surface area contributed by atoms with E-state index >= 15 is 0 Å². The normalized spacial score (nSPS) is 10.2. The summed E-state index contributed by atoms with van der Waals surface area (Å²) in [6, 6.07) is 9.47. The largest absolute Gasteiger partial charge is 0.495 e. The molecule has 128 valence electrons. The highest BCUT2D eigenvalue weighted by atomic mass is 19.1. The van der Waals surface area contributed by atoms with E-state index in [-0.39, 0.29) is 12.3 Å². The highest BCUT2D eigenvalue weighted by Gasteiger charge is 2.10. The van der Waals surface area contributed by atoms with Gasteiger partial charge in [0.1, 0.15) is 11.6 Å². The van der Waals surface area contributed by atoms with Gasteiger partial charge in [0.25, 0.3) is 0 Å². The van der Waals surface area contributed by atoms with Crippen LogP contribution in [0.25, 0.3) is 0 Å². The van der Waals surface area contributed by atoms with Crippen molar-refractivity contribution in [3.8, 4) is 17.2 Å². The van der Waals surface area contributed by atoms with Crippen molar-refractivity contribution in [3.05, 3.63) is 47.8 Å². The van der Waals surface area contributed by atoms with Crippen LogP contribution in [-0.4, -0.2) is 27.2 Å². The summed E-state index contributed by atoms with van der Waals surface area (Å²) in [6.45, 7) is 0. The van der Waals surface area contributed by atoms with E-state index in [1.165, 1.54) is 25.3 Å². The SMILES string of the molecule is COc1ccc(F)cc1NC(=O)CCc1ccc(OC)c(OC)c1. The smallest absolute Gasteiger partial charge is 0.224 e. The molecule has 0 aliphatic rings. The minimum Gasteiger partial charge on any atom is -0.495 e. The number of benzene rings is 2. The van der Waals surface area contributed by atoms with Crippen LogP contribution in [0.5, 0.6) is 17.2 Å². The van der Waals surface area contributed by atoms with Crippen LogP contribution in [0.2, 0.25) is 0 Å². The van der Waals surface area contributed by atoms with Crippen LogP contribution in [0.15, 0.2) is 36.4 Å². The van der Waals surface area contributed by atoms with Gasteiger partial charge in [-0.1, -0.05) is 6.07 Å². The minimum atomic E-state index is -0.439. The average molecular weight is 333 g/mol. The Morgan fingerprint density at radius 3 is 2.29 bits per heavy atom. The Balaban J connectivity index is 2.00.